The van der Waals surface area contributed by atoms with Gasteiger partial charge >= 0.3 is 0 Å². The molecule has 0 radical (unpaired) electrons. The van der Waals surface area contributed by atoms with Crippen LogP contribution in [0.2, 0.25) is 0 Å². The zero-order valence-corrected chi connectivity index (χ0v) is 11.3. The Labute approximate surface area is 108 Å². The highest BCUT2D eigenvalue weighted by Gasteiger charge is 2.32. The number of rotatable bonds is 2. The predicted octanol–water partition coefficient (Wildman–Crippen LogP) is 1.31. The average Bonchev–Trinajstić information content (AvgIpc) is 2.69. The van der Waals surface area contributed by atoms with Crippen molar-refractivity contribution in [3.05, 3.63) is 28.5 Å². The first-order valence-electron chi connectivity index (χ1n) is 5.12. The van der Waals surface area contributed by atoms with E-state index in [-0.39, 0.29) is 17.5 Å². The van der Waals surface area contributed by atoms with Crippen molar-refractivity contribution in [2.75, 3.05) is 13.1 Å². The molecular weight excluding hydrogens is 311 g/mol. The summed E-state index contributed by atoms with van der Waals surface area (Å²) in [4.78, 5) is -0.0494. The first kappa shape index (κ1) is 12.9. The van der Waals surface area contributed by atoms with E-state index in [0.717, 1.165) is 6.07 Å². The molecule has 0 bridgehead atoms. The van der Waals surface area contributed by atoms with Crippen molar-refractivity contribution in [3.63, 3.8) is 0 Å². The van der Waals surface area contributed by atoms with Crippen LogP contribution in [0.3, 0.4) is 0 Å². The van der Waals surface area contributed by atoms with Crippen LogP contribution in [0, 0.1) is 5.82 Å². The second kappa shape index (κ2) is 4.64. The number of hydrogen-bond donors (Lipinski definition) is 1. The Morgan fingerprint density at radius 2 is 2.18 bits per heavy atom. The number of nitrogens with zero attached hydrogens (tertiary/aromatic N) is 1. The van der Waals surface area contributed by atoms with Crippen LogP contribution in [0.4, 0.5) is 4.39 Å². The van der Waals surface area contributed by atoms with Gasteiger partial charge in [0.05, 0.1) is 4.90 Å². The second-order valence-corrected chi connectivity index (χ2v) is 6.75. The van der Waals surface area contributed by atoms with Crippen molar-refractivity contribution >= 4 is 26.0 Å². The summed E-state index contributed by atoms with van der Waals surface area (Å²) in [6.45, 7) is 0.664. The van der Waals surface area contributed by atoms with E-state index in [1.54, 1.807) is 0 Å². The van der Waals surface area contributed by atoms with E-state index in [1.807, 2.05) is 0 Å². The van der Waals surface area contributed by atoms with Crippen molar-refractivity contribution in [1.82, 2.24) is 4.31 Å². The average molecular weight is 323 g/mol. The Morgan fingerprint density at radius 1 is 1.47 bits per heavy atom. The molecule has 1 atom stereocenters. The van der Waals surface area contributed by atoms with Crippen LogP contribution in [0.25, 0.3) is 0 Å². The molecule has 1 aliphatic heterocycles. The van der Waals surface area contributed by atoms with Crippen LogP contribution in [0.5, 0.6) is 0 Å². The monoisotopic (exact) mass is 322 g/mol. The Hall–Kier alpha value is -0.500. The molecule has 2 rings (SSSR count). The highest BCUT2D eigenvalue weighted by Crippen LogP contribution is 2.27. The van der Waals surface area contributed by atoms with Crippen molar-refractivity contribution in [1.29, 1.82) is 0 Å². The fourth-order valence-corrected chi connectivity index (χ4v) is 4.23. The first-order chi connectivity index (χ1) is 7.91. The van der Waals surface area contributed by atoms with Gasteiger partial charge in [-0.05, 0) is 40.5 Å². The number of nitrogens with two attached hydrogens (primary N) is 1. The van der Waals surface area contributed by atoms with E-state index >= 15 is 0 Å². The maximum absolute atomic E-state index is 13.1. The largest absolute Gasteiger partial charge is 0.326 e. The summed E-state index contributed by atoms with van der Waals surface area (Å²) in [6.07, 6.45) is 0.631. The number of halogens is 2. The summed E-state index contributed by atoms with van der Waals surface area (Å²) in [7, 11) is -3.66. The highest BCUT2D eigenvalue weighted by molar-refractivity contribution is 9.10. The third kappa shape index (κ3) is 2.52. The third-order valence-corrected chi connectivity index (χ3v) is 5.56. The molecule has 1 aromatic rings. The summed E-state index contributed by atoms with van der Waals surface area (Å²) < 4.78 is 39.2. The highest BCUT2D eigenvalue weighted by atomic mass is 79.9. The molecule has 1 aromatic carbocycles. The lowest BCUT2D eigenvalue weighted by Gasteiger charge is -2.16. The van der Waals surface area contributed by atoms with Gasteiger partial charge in [0.2, 0.25) is 10.0 Å². The molecule has 0 aliphatic carbocycles. The van der Waals surface area contributed by atoms with E-state index < -0.39 is 15.8 Å². The molecule has 1 aliphatic rings. The molecule has 4 nitrogen and oxygen atoms in total. The molecular formula is C10H12BrFN2O2S. The van der Waals surface area contributed by atoms with E-state index in [0.29, 0.717) is 17.4 Å². The van der Waals surface area contributed by atoms with E-state index in [9.17, 15) is 12.8 Å². The predicted molar refractivity (Wildman–Crippen MR) is 65.5 cm³/mol. The molecule has 0 aromatic heterocycles. The lowest BCUT2D eigenvalue weighted by molar-refractivity contribution is 0.471. The normalized spacial score (nSPS) is 21.9. The van der Waals surface area contributed by atoms with Crippen molar-refractivity contribution < 1.29 is 12.8 Å². The van der Waals surface area contributed by atoms with Gasteiger partial charge in [-0.1, -0.05) is 0 Å². The minimum Gasteiger partial charge on any atom is -0.326 e. The zero-order chi connectivity index (χ0) is 12.6. The minimum atomic E-state index is -3.66. The van der Waals surface area contributed by atoms with Gasteiger partial charge in [-0.15, -0.1) is 0 Å². The van der Waals surface area contributed by atoms with Gasteiger partial charge in [0, 0.05) is 23.6 Å². The van der Waals surface area contributed by atoms with Crippen LogP contribution in [-0.4, -0.2) is 31.9 Å². The van der Waals surface area contributed by atoms with Crippen LogP contribution in [-0.2, 0) is 10.0 Å². The number of benzene rings is 1. The molecule has 1 saturated heterocycles. The smallest absolute Gasteiger partial charge is 0.244 e. The summed E-state index contributed by atoms with van der Waals surface area (Å²) >= 11 is 3.12. The topological polar surface area (TPSA) is 63.4 Å². The zero-order valence-electron chi connectivity index (χ0n) is 8.94. The standard InChI is InChI=1S/C10H12BrFN2O2S/c11-9-2-1-7(12)5-10(9)17(15,16)14-4-3-8(13)6-14/h1-2,5,8H,3-4,6,13H2/t8-/m0/s1. The van der Waals surface area contributed by atoms with Gasteiger partial charge in [-0.25, -0.2) is 12.8 Å². The Balaban J connectivity index is 2.41. The van der Waals surface area contributed by atoms with Gasteiger partial charge in [-0.3, -0.25) is 0 Å². The lowest BCUT2D eigenvalue weighted by Crippen LogP contribution is -2.32. The molecule has 1 fully saturated rings. The first-order valence-corrected chi connectivity index (χ1v) is 7.35. The third-order valence-electron chi connectivity index (χ3n) is 2.70. The molecule has 0 amide bonds. The summed E-state index contributed by atoms with van der Waals surface area (Å²) in [5, 5.41) is 0. The second-order valence-electron chi connectivity index (χ2n) is 3.99. The van der Waals surface area contributed by atoms with Crippen LogP contribution in [0.1, 0.15) is 6.42 Å². The van der Waals surface area contributed by atoms with E-state index in [1.165, 1.54) is 16.4 Å². The molecule has 0 saturated carbocycles. The fraction of sp³-hybridized carbons (Fsp3) is 0.400. The van der Waals surface area contributed by atoms with Crippen molar-refractivity contribution in [2.45, 2.75) is 17.4 Å². The molecule has 2 N–H and O–H groups in total. The number of sulfonamides is 1. The van der Waals surface area contributed by atoms with E-state index in [4.69, 9.17) is 5.73 Å². The molecule has 0 unspecified atom stereocenters. The Kier molecular flexibility index (Phi) is 3.53. The van der Waals surface area contributed by atoms with Gasteiger partial charge in [0.15, 0.2) is 0 Å². The number of hydrogen-bond acceptors (Lipinski definition) is 3. The van der Waals surface area contributed by atoms with Crippen molar-refractivity contribution in [3.8, 4) is 0 Å². The molecule has 94 valence electrons. The van der Waals surface area contributed by atoms with Crippen molar-refractivity contribution in [2.24, 2.45) is 5.73 Å². The van der Waals surface area contributed by atoms with Crippen LogP contribution in [0.15, 0.2) is 27.6 Å². The summed E-state index contributed by atoms with van der Waals surface area (Å²) in [5.41, 5.74) is 5.68. The van der Waals surface area contributed by atoms with Crippen LogP contribution >= 0.6 is 15.9 Å². The van der Waals surface area contributed by atoms with Gasteiger partial charge < -0.3 is 5.73 Å². The quantitative estimate of drug-likeness (QED) is 0.893. The van der Waals surface area contributed by atoms with Crippen LogP contribution < -0.4 is 5.73 Å². The maximum Gasteiger partial charge on any atom is 0.244 e. The molecule has 7 heteroatoms. The fourth-order valence-electron chi connectivity index (χ4n) is 1.79. The van der Waals surface area contributed by atoms with Gasteiger partial charge in [0.25, 0.3) is 0 Å². The Morgan fingerprint density at radius 3 is 2.76 bits per heavy atom. The molecule has 0 spiro atoms. The summed E-state index contributed by atoms with van der Waals surface area (Å²) in [5.74, 6) is -0.574. The van der Waals surface area contributed by atoms with E-state index in [2.05, 4.69) is 15.9 Å². The molecule has 1 heterocycles. The minimum absolute atomic E-state index is 0.0494. The van der Waals surface area contributed by atoms with Gasteiger partial charge in [-0.2, -0.15) is 4.31 Å². The lowest BCUT2D eigenvalue weighted by atomic mass is 10.3. The summed E-state index contributed by atoms with van der Waals surface area (Å²) in [6, 6.07) is 3.47. The molecule has 17 heavy (non-hydrogen) atoms. The Bertz CT molecular complexity index is 535. The SMILES string of the molecule is N[C@H]1CCN(S(=O)(=O)c2cc(F)ccc2Br)C1. The maximum atomic E-state index is 13.1. The van der Waals surface area contributed by atoms with Gasteiger partial charge in [0.1, 0.15) is 5.82 Å².